The number of carbonyl (C=O) groups excluding carboxylic acids is 1. The highest BCUT2D eigenvalue weighted by molar-refractivity contribution is 5.77. The molecule has 0 spiro atoms. The Kier molecular flexibility index (Phi) is 6.08. The summed E-state index contributed by atoms with van der Waals surface area (Å²) in [6.45, 7) is 4.48. The van der Waals surface area contributed by atoms with Gasteiger partial charge in [0, 0.05) is 44.2 Å². The van der Waals surface area contributed by atoms with Gasteiger partial charge in [-0.25, -0.2) is 0 Å². The van der Waals surface area contributed by atoms with E-state index in [-0.39, 0.29) is 12.5 Å². The zero-order valence-corrected chi connectivity index (χ0v) is 17.2. The number of hydrogen-bond donors (Lipinski definition) is 0. The standard InChI is InChI=1S/C21H25N5O4/c1-3-26-17-10-12-28-13-16(17)20(23-26)21-22-18(24-30-21)9-11-25(2)19(27)14-29-15-7-5-4-6-8-15/h4-8H,3,9-14H2,1-2H3. The van der Waals surface area contributed by atoms with E-state index in [9.17, 15) is 4.79 Å². The molecular formula is C21H25N5O4. The molecule has 1 aromatic carbocycles. The van der Waals surface area contributed by atoms with Crippen molar-refractivity contribution in [1.82, 2.24) is 24.8 Å². The van der Waals surface area contributed by atoms with Crippen molar-refractivity contribution in [3.63, 3.8) is 0 Å². The number of fused-ring (bicyclic) bond motifs is 1. The molecule has 1 amide bonds. The summed E-state index contributed by atoms with van der Waals surface area (Å²) < 4.78 is 18.5. The van der Waals surface area contributed by atoms with Crippen LogP contribution in [-0.2, 0) is 35.5 Å². The van der Waals surface area contributed by atoms with Gasteiger partial charge < -0.3 is 18.9 Å². The summed E-state index contributed by atoms with van der Waals surface area (Å²) in [5, 5.41) is 8.69. The number of para-hydroxylation sites is 1. The van der Waals surface area contributed by atoms with Crippen LogP contribution in [0.3, 0.4) is 0 Å². The largest absolute Gasteiger partial charge is 0.484 e. The quantitative estimate of drug-likeness (QED) is 0.560. The van der Waals surface area contributed by atoms with Crippen LogP contribution in [0.15, 0.2) is 34.9 Å². The van der Waals surface area contributed by atoms with Crippen molar-refractivity contribution in [2.24, 2.45) is 0 Å². The van der Waals surface area contributed by atoms with Crippen LogP contribution in [0.5, 0.6) is 5.75 Å². The topological polar surface area (TPSA) is 95.5 Å². The van der Waals surface area contributed by atoms with E-state index in [1.165, 1.54) is 5.69 Å². The third kappa shape index (κ3) is 4.35. The SMILES string of the molecule is CCn1nc(-c2nc(CCN(C)C(=O)COc3ccccc3)no2)c2c1CCOC2. The molecule has 0 saturated heterocycles. The van der Waals surface area contributed by atoms with Gasteiger partial charge in [-0.2, -0.15) is 10.1 Å². The van der Waals surface area contributed by atoms with Crippen molar-refractivity contribution >= 4 is 5.91 Å². The minimum atomic E-state index is -0.115. The molecule has 0 atom stereocenters. The van der Waals surface area contributed by atoms with Crippen molar-refractivity contribution in [2.75, 3.05) is 26.8 Å². The number of ether oxygens (including phenoxy) is 2. The van der Waals surface area contributed by atoms with Gasteiger partial charge in [0.25, 0.3) is 11.8 Å². The molecule has 3 aromatic rings. The maximum Gasteiger partial charge on any atom is 0.278 e. The number of aromatic nitrogens is 4. The smallest absolute Gasteiger partial charge is 0.278 e. The average Bonchev–Trinajstić information content (AvgIpc) is 3.41. The second-order valence-corrected chi connectivity index (χ2v) is 7.07. The number of nitrogens with zero attached hydrogens (tertiary/aromatic N) is 5. The van der Waals surface area contributed by atoms with Crippen LogP contribution in [0.4, 0.5) is 0 Å². The first kappa shape index (κ1) is 20.1. The number of carbonyl (C=O) groups is 1. The van der Waals surface area contributed by atoms with Gasteiger partial charge in [0.05, 0.1) is 13.2 Å². The highest BCUT2D eigenvalue weighted by Gasteiger charge is 2.25. The fraction of sp³-hybridized carbons (Fsp3) is 0.429. The van der Waals surface area contributed by atoms with Crippen LogP contribution in [0.25, 0.3) is 11.6 Å². The summed E-state index contributed by atoms with van der Waals surface area (Å²) in [5.41, 5.74) is 2.87. The molecule has 0 unspecified atom stereocenters. The van der Waals surface area contributed by atoms with Crippen molar-refractivity contribution in [3.05, 3.63) is 47.4 Å². The van der Waals surface area contributed by atoms with Gasteiger partial charge in [-0.05, 0) is 19.1 Å². The number of hydrogen-bond acceptors (Lipinski definition) is 7. The Hall–Kier alpha value is -3.20. The number of amides is 1. The lowest BCUT2D eigenvalue weighted by atomic mass is 10.1. The lowest BCUT2D eigenvalue weighted by molar-refractivity contribution is -0.132. The van der Waals surface area contributed by atoms with Crippen LogP contribution in [0.1, 0.15) is 24.0 Å². The molecule has 3 heterocycles. The molecule has 0 fully saturated rings. The van der Waals surface area contributed by atoms with Gasteiger partial charge in [0.15, 0.2) is 18.1 Å². The van der Waals surface area contributed by atoms with Crippen LogP contribution in [0.2, 0.25) is 0 Å². The minimum Gasteiger partial charge on any atom is -0.484 e. The predicted molar refractivity (Wildman–Crippen MR) is 108 cm³/mol. The molecule has 1 aliphatic heterocycles. The number of rotatable bonds is 8. The molecular weight excluding hydrogens is 386 g/mol. The van der Waals surface area contributed by atoms with E-state index < -0.39 is 0 Å². The maximum absolute atomic E-state index is 12.3. The predicted octanol–water partition coefficient (Wildman–Crippen LogP) is 2.11. The zero-order valence-electron chi connectivity index (χ0n) is 17.2. The number of likely N-dealkylation sites (N-methyl/N-ethyl adjacent to an activating group) is 1. The Bertz CT molecular complexity index is 998. The van der Waals surface area contributed by atoms with E-state index in [0.29, 0.717) is 49.3 Å². The molecule has 1 aliphatic rings. The normalized spacial score (nSPS) is 13.1. The second-order valence-electron chi connectivity index (χ2n) is 7.07. The molecule has 0 aliphatic carbocycles. The number of aryl methyl sites for hydroxylation is 1. The molecule has 0 radical (unpaired) electrons. The summed E-state index contributed by atoms with van der Waals surface area (Å²) >= 11 is 0. The van der Waals surface area contributed by atoms with Gasteiger partial charge in [-0.15, -0.1) is 0 Å². The summed E-state index contributed by atoms with van der Waals surface area (Å²) in [6, 6.07) is 9.26. The Labute approximate surface area is 174 Å². The van der Waals surface area contributed by atoms with Gasteiger partial charge in [-0.3, -0.25) is 9.48 Å². The maximum atomic E-state index is 12.3. The van der Waals surface area contributed by atoms with E-state index in [0.717, 1.165) is 18.5 Å². The van der Waals surface area contributed by atoms with E-state index >= 15 is 0 Å². The third-order valence-corrected chi connectivity index (χ3v) is 5.07. The van der Waals surface area contributed by atoms with Crippen molar-refractivity contribution in [1.29, 1.82) is 0 Å². The molecule has 2 aromatic heterocycles. The van der Waals surface area contributed by atoms with Gasteiger partial charge in [-0.1, -0.05) is 23.4 Å². The molecule has 9 nitrogen and oxygen atoms in total. The molecule has 0 saturated carbocycles. The molecule has 4 rings (SSSR count). The Balaban J connectivity index is 1.35. The summed E-state index contributed by atoms with van der Waals surface area (Å²) in [4.78, 5) is 18.4. The van der Waals surface area contributed by atoms with Crippen LogP contribution >= 0.6 is 0 Å². The van der Waals surface area contributed by atoms with Crippen molar-refractivity contribution < 1.29 is 18.8 Å². The van der Waals surface area contributed by atoms with Crippen LogP contribution in [0, 0.1) is 0 Å². The highest BCUT2D eigenvalue weighted by Crippen LogP contribution is 2.28. The molecule has 158 valence electrons. The Morgan fingerprint density at radius 3 is 2.93 bits per heavy atom. The zero-order chi connectivity index (χ0) is 20.9. The lowest BCUT2D eigenvalue weighted by Gasteiger charge is -2.16. The first-order valence-corrected chi connectivity index (χ1v) is 10.1. The minimum absolute atomic E-state index is 0.0153. The van der Waals surface area contributed by atoms with E-state index in [1.807, 2.05) is 35.0 Å². The average molecular weight is 411 g/mol. The van der Waals surface area contributed by atoms with E-state index in [1.54, 1.807) is 11.9 Å². The lowest BCUT2D eigenvalue weighted by Crippen LogP contribution is -2.33. The first-order valence-electron chi connectivity index (χ1n) is 10.1. The fourth-order valence-electron chi connectivity index (χ4n) is 3.36. The Morgan fingerprint density at radius 2 is 2.13 bits per heavy atom. The number of benzene rings is 1. The van der Waals surface area contributed by atoms with Gasteiger partial charge in [0.1, 0.15) is 5.75 Å². The Morgan fingerprint density at radius 1 is 1.30 bits per heavy atom. The molecule has 30 heavy (non-hydrogen) atoms. The van der Waals surface area contributed by atoms with Crippen LogP contribution < -0.4 is 4.74 Å². The summed E-state index contributed by atoms with van der Waals surface area (Å²) in [7, 11) is 1.73. The van der Waals surface area contributed by atoms with Crippen molar-refractivity contribution in [3.8, 4) is 17.3 Å². The van der Waals surface area contributed by atoms with Crippen molar-refractivity contribution in [2.45, 2.75) is 32.9 Å². The van der Waals surface area contributed by atoms with Gasteiger partial charge >= 0.3 is 0 Å². The molecule has 9 heteroatoms. The summed E-state index contributed by atoms with van der Waals surface area (Å²) in [6.07, 6.45) is 1.30. The summed E-state index contributed by atoms with van der Waals surface area (Å²) in [5.74, 6) is 1.47. The first-order chi connectivity index (χ1) is 14.7. The van der Waals surface area contributed by atoms with E-state index in [4.69, 9.17) is 14.0 Å². The fourth-order valence-corrected chi connectivity index (χ4v) is 3.36. The van der Waals surface area contributed by atoms with E-state index in [2.05, 4.69) is 22.2 Å². The monoisotopic (exact) mass is 411 g/mol. The van der Waals surface area contributed by atoms with Gasteiger partial charge in [0.2, 0.25) is 0 Å². The second kappa shape index (κ2) is 9.08. The molecule has 0 bridgehead atoms. The molecule has 0 N–H and O–H groups in total. The highest BCUT2D eigenvalue weighted by atomic mass is 16.5. The van der Waals surface area contributed by atoms with Crippen LogP contribution in [-0.4, -0.2) is 57.5 Å². The third-order valence-electron chi connectivity index (χ3n) is 5.07.